The lowest BCUT2D eigenvalue weighted by Gasteiger charge is -2.33. The van der Waals surface area contributed by atoms with E-state index in [1.807, 2.05) is 37.5 Å². The molecule has 1 heterocycles. The van der Waals surface area contributed by atoms with Gasteiger partial charge >= 0.3 is 0 Å². The van der Waals surface area contributed by atoms with Crippen molar-refractivity contribution >= 4 is 5.91 Å². The van der Waals surface area contributed by atoms with Crippen LogP contribution in [-0.4, -0.2) is 33.7 Å². The molecule has 2 rings (SSSR count). The van der Waals surface area contributed by atoms with E-state index in [1.165, 1.54) is 12.8 Å². The van der Waals surface area contributed by atoms with E-state index >= 15 is 0 Å². The maximum atomic E-state index is 12.5. The molecule has 0 bridgehead atoms. The molecule has 4 heteroatoms. The van der Waals surface area contributed by atoms with Gasteiger partial charge in [-0.15, -0.1) is 0 Å². The van der Waals surface area contributed by atoms with E-state index < -0.39 is 0 Å². The minimum atomic E-state index is 0.226. The molecule has 1 aliphatic rings. The number of rotatable bonds is 3. The highest BCUT2D eigenvalue weighted by Crippen LogP contribution is 2.27. The van der Waals surface area contributed by atoms with Gasteiger partial charge in [-0.1, -0.05) is 6.92 Å². The molecule has 0 aromatic carbocycles. The van der Waals surface area contributed by atoms with Gasteiger partial charge in [-0.3, -0.25) is 9.48 Å². The summed E-state index contributed by atoms with van der Waals surface area (Å²) in [6.07, 6.45) is 5.26. The molecule has 0 aliphatic heterocycles. The van der Waals surface area contributed by atoms with Crippen molar-refractivity contribution in [2.45, 2.75) is 58.9 Å². The average molecular weight is 277 g/mol. The molecule has 1 amide bonds. The maximum Gasteiger partial charge on any atom is 0.227 e. The van der Waals surface area contributed by atoms with E-state index in [1.54, 1.807) is 0 Å². The first-order chi connectivity index (χ1) is 9.40. The lowest BCUT2D eigenvalue weighted by molar-refractivity contribution is -0.132. The van der Waals surface area contributed by atoms with Gasteiger partial charge in [0.1, 0.15) is 0 Å². The summed E-state index contributed by atoms with van der Waals surface area (Å²) >= 11 is 0. The van der Waals surface area contributed by atoms with Crippen LogP contribution in [0.3, 0.4) is 0 Å². The SMILES string of the molecule is Cc1nn(C)c(C)c1CC(=O)N(C)C1CCC(C)CC1. The second-order valence-electron chi connectivity index (χ2n) is 6.37. The predicted molar refractivity (Wildman–Crippen MR) is 80.6 cm³/mol. The molecular formula is C16H27N3O. The molecule has 0 unspecified atom stereocenters. The fourth-order valence-corrected chi connectivity index (χ4v) is 3.18. The second kappa shape index (κ2) is 5.98. The minimum absolute atomic E-state index is 0.226. The second-order valence-corrected chi connectivity index (χ2v) is 6.37. The van der Waals surface area contributed by atoms with Crippen LogP contribution in [0, 0.1) is 19.8 Å². The van der Waals surface area contributed by atoms with Crippen molar-refractivity contribution in [1.82, 2.24) is 14.7 Å². The zero-order valence-corrected chi connectivity index (χ0v) is 13.4. The third-order valence-electron chi connectivity index (χ3n) is 4.91. The third-order valence-corrected chi connectivity index (χ3v) is 4.91. The van der Waals surface area contributed by atoms with Gasteiger partial charge in [0.25, 0.3) is 0 Å². The molecule has 20 heavy (non-hydrogen) atoms. The Hall–Kier alpha value is -1.32. The molecule has 1 fully saturated rings. The Labute approximate surface area is 122 Å². The van der Waals surface area contributed by atoms with Crippen molar-refractivity contribution in [3.8, 4) is 0 Å². The fourth-order valence-electron chi connectivity index (χ4n) is 3.18. The molecular weight excluding hydrogens is 250 g/mol. The lowest BCUT2D eigenvalue weighted by atomic mass is 9.86. The number of hydrogen-bond acceptors (Lipinski definition) is 2. The van der Waals surface area contributed by atoms with E-state index in [-0.39, 0.29) is 5.91 Å². The van der Waals surface area contributed by atoms with E-state index in [0.29, 0.717) is 12.5 Å². The molecule has 0 atom stereocenters. The average Bonchev–Trinajstić information content (AvgIpc) is 2.65. The summed E-state index contributed by atoms with van der Waals surface area (Å²) in [5, 5.41) is 4.39. The fraction of sp³-hybridized carbons (Fsp3) is 0.750. The molecule has 0 radical (unpaired) electrons. The smallest absolute Gasteiger partial charge is 0.227 e. The van der Waals surface area contributed by atoms with Gasteiger partial charge in [0.15, 0.2) is 0 Å². The molecule has 1 aromatic heterocycles. The molecule has 112 valence electrons. The van der Waals surface area contributed by atoms with Gasteiger partial charge in [-0.2, -0.15) is 5.10 Å². The Kier molecular flexibility index (Phi) is 4.51. The number of amides is 1. The number of aryl methyl sites for hydroxylation is 2. The zero-order chi connectivity index (χ0) is 14.9. The van der Waals surface area contributed by atoms with E-state index in [0.717, 1.165) is 35.7 Å². The molecule has 1 saturated carbocycles. The molecule has 4 nitrogen and oxygen atoms in total. The first-order valence-corrected chi connectivity index (χ1v) is 7.65. The summed E-state index contributed by atoms with van der Waals surface area (Å²) in [4.78, 5) is 14.5. The van der Waals surface area contributed by atoms with Crippen LogP contribution in [0.1, 0.15) is 49.6 Å². The van der Waals surface area contributed by atoms with Crippen LogP contribution in [0.25, 0.3) is 0 Å². The normalized spacial score (nSPS) is 22.9. The third kappa shape index (κ3) is 3.05. The number of hydrogen-bond donors (Lipinski definition) is 0. The number of carbonyl (C=O) groups is 1. The summed E-state index contributed by atoms with van der Waals surface area (Å²) in [6, 6.07) is 0.427. The zero-order valence-electron chi connectivity index (χ0n) is 13.4. The van der Waals surface area contributed by atoms with Crippen LogP contribution < -0.4 is 0 Å². The van der Waals surface area contributed by atoms with Crippen LogP contribution in [0.15, 0.2) is 0 Å². The standard InChI is InChI=1S/C16H27N3O/c1-11-6-8-14(9-7-11)18(4)16(20)10-15-12(2)17-19(5)13(15)3/h11,14H,6-10H2,1-5H3. The first-order valence-electron chi connectivity index (χ1n) is 7.65. The van der Waals surface area contributed by atoms with Gasteiger partial charge in [-0.05, 0) is 45.4 Å². The van der Waals surface area contributed by atoms with Crippen molar-refractivity contribution in [1.29, 1.82) is 0 Å². The largest absolute Gasteiger partial charge is 0.342 e. The summed E-state index contributed by atoms with van der Waals surface area (Å²) in [5.74, 6) is 1.04. The molecule has 1 aliphatic carbocycles. The van der Waals surface area contributed by atoms with Crippen LogP contribution in [0.4, 0.5) is 0 Å². The van der Waals surface area contributed by atoms with Crippen LogP contribution in [0.2, 0.25) is 0 Å². The monoisotopic (exact) mass is 277 g/mol. The Morgan fingerprint density at radius 3 is 2.40 bits per heavy atom. The van der Waals surface area contributed by atoms with Crippen LogP contribution >= 0.6 is 0 Å². The number of nitrogens with zero attached hydrogens (tertiary/aromatic N) is 3. The van der Waals surface area contributed by atoms with Gasteiger partial charge in [0.2, 0.25) is 5.91 Å². The molecule has 0 saturated heterocycles. The van der Waals surface area contributed by atoms with E-state index in [9.17, 15) is 4.79 Å². The summed E-state index contributed by atoms with van der Waals surface area (Å²) < 4.78 is 1.86. The minimum Gasteiger partial charge on any atom is -0.342 e. The first kappa shape index (κ1) is 15.1. The van der Waals surface area contributed by atoms with Crippen LogP contribution in [-0.2, 0) is 18.3 Å². The number of carbonyl (C=O) groups excluding carboxylic acids is 1. The van der Waals surface area contributed by atoms with Gasteiger partial charge < -0.3 is 4.90 Å². The maximum absolute atomic E-state index is 12.5. The van der Waals surface area contributed by atoms with Gasteiger partial charge in [0, 0.05) is 31.4 Å². The number of aromatic nitrogens is 2. The molecule has 0 N–H and O–H groups in total. The van der Waals surface area contributed by atoms with Gasteiger partial charge in [-0.25, -0.2) is 0 Å². The highest BCUT2D eigenvalue weighted by Gasteiger charge is 2.25. The topological polar surface area (TPSA) is 38.1 Å². The van der Waals surface area contributed by atoms with Crippen molar-refractivity contribution in [3.05, 3.63) is 17.0 Å². The van der Waals surface area contributed by atoms with Gasteiger partial charge in [0.05, 0.1) is 12.1 Å². The summed E-state index contributed by atoms with van der Waals surface area (Å²) in [7, 11) is 3.90. The van der Waals surface area contributed by atoms with Crippen molar-refractivity contribution in [2.24, 2.45) is 13.0 Å². The Morgan fingerprint density at radius 1 is 1.30 bits per heavy atom. The highest BCUT2D eigenvalue weighted by molar-refractivity contribution is 5.79. The quantitative estimate of drug-likeness (QED) is 0.852. The Bertz CT molecular complexity index is 484. The molecule has 1 aromatic rings. The van der Waals surface area contributed by atoms with E-state index in [2.05, 4.69) is 12.0 Å². The lowest BCUT2D eigenvalue weighted by Crippen LogP contribution is -2.40. The van der Waals surface area contributed by atoms with E-state index in [4.69, 9.17) is 0 Å². The van der Waals surface area contributed by atoms with Crippen LogP contribution in [0.5, 0.6) is 0 Å². The Morgan fingerprint density at radius 2 is 1.90 bits per heavy atom. The van der Waals surface area contributed by atoms with Crippen molar-refractivity contribution < 1.29 is 4.79 Å². The predicted octanol–water partition coefficient (Wildman–Crippen LogP) is 2.62. The Balaban J connectivity index is 2.01. The molecule has 0 spiro atoms. The van der Waals surface area contributed by atoms with Crippen molar-refractivity contribution in [3.63, 3.8) is 0 Å². The summed E-state index contributed by atoms with van der Waals surface area (Å²) in [5.41, 5.74) is 3.17. The number of likely N-dealkylation sites (N-methyl/N-ethyl adjacent to an activating group) is 1. The summed E-state index contributed by atoms with van der Waals surface area (Å²) in [6.45, 7) is 6.32. The van der Waals surface area contributed by atoms with Crippen molar-refractivity contribution in [2.75, 3.05) is 7.05 Å². The highest BCUT2D eigenvalue weighted by atomic mass is 16.2.